The average Bonchev–Trinajstić information content (AvgIpc) is 2.95. The van der Waals surface area contributed by atoms with Gasteiger partial charge in [0.25, 0.3) is 0 Å². The van der Waals surface area contributed by atoms with E-state index >= 15 is 0 Å². The van der Waals surface area contributed by atoms with Gasteiger partial charge in [0, 0.05) is 11.5 Å². The Morgan fingerprint density at radius 1 is 1.53 bits per heavy atom. The smallest absolute Gasteiger partial charge is 0.166 e. The minimum Gasteiger partial charge on any atom is -0.495 e. The van der Waals surface area contributed by atoms with Crippen LogP contribution in [0.1, 0.15) is 23.7 Å². The van der Waals surface area contributed by atoms with Gasteiger partial charge in [-0.1, -0.05) is 18.5 Å². The zero-order valence-corrected chi connectivity index (χ0v) is 9.54. The Morgan fingerprint density at radius 2 is 2.20 bits per heavy atom. The highest BCUT2D eigenvalue weighted by Crippen LogP contribution is 2.41. The molecule has 2 unspecified atom stereocenters. The molecule has 0 saturated heterocycles. The van der Waals surface area contributed by atoms with E-state index in [1.165, 1.54) is 0 Å². The van der Waals surface area contributed by atoms with E-state index in [-0.39, 0.29) is 11.7 Å². The van der Waals surface area contributed by atoms with Gasteiger partial charge in [-0.2, -0.15) is 0 Å². The maximum Gasteiger partial charge on any atom is 0.166 e. The van der Waals surface area contributed by atoms with Crippen LogP contribution >= 0.6 is 11.6 Å². The third-order valence-corrected chi connectivity index (χ3v) is 3.19. The van der Waals surface area contributed by atoms with Crippen molar-refractivity contribution in [1.82, 2.24) is 0 Å². The van der Waals surface area contributed by atoms with Crippen LogP contribution in [0, 0.1) is 11.8 Å². The fourth-order valence-corrected chi connectivity index (χ4v) is 1.91. The van der Waals surface area contributed by atoms with E-state index in [0.29, 0.717) is 22.3 Å². The average molecular weight is 225 g/mol. The lowest BCUT2D eigenvalue weighted by Gasteiger charge is -2.05. The van der Waals surface area contributed by atoms with Crippen molar-refractivity contribution in [3.8, 4) is 5.75 Å². The molecule has 0 heterocycles. The molecule has 3 heteroatoms. The van der Waals surface area contributed by atoms with Gasteiger partial charge in [0.15, 0.2) is 5.78 Å². The molecule has 2 nitrogen and oxygen atoms in total. The second-order valence-electron chi connectivity index (χ2n) is 4.03. The van der Waals surface area contributed by atoms with Crippen molar-refractivity contribution in [2.45, 2.75) is 13.3 Å². The molecule has 2 rings (SSSR count). The summed E-state index contributed by atoms with van der Waals surface area (Å²) in [6.07, 6.45) is 1.00. The van der Waals surface area contributed by atoms with E-state index in [1.54, 1.807) is 25.3 Å². The quantitative estimate of drug-likeness (QED) is 0.738. The van der Waals surface area contributed by atoms with E-state index in [4.69, 9.17) is 16.3 Å². The van der Waals surface area contributed by atoms with E-state index in [2.05, 4.69) is 6.92 Å². The normalized spacial score (nSPS) is 23.7. The number of carbonyl (C=O) groups is 1. The van der Waals surface area contributed by atoms with Crippen molar-refractivity contribution < 1.29 is 9.53 Å². The molecule has 1 aliphatic rings. The van der Waals surface area contributed by atoms with Crippen LogP contribution in [0.5, 0.6) is 5.75 Å². The molecule has 0 spiro atoms. The first-order valence-corrected chi connectivity index (χ1v) is 5.39. The predicted octanol–water partition coefficient (Wildman–Crippen LogP) is 3.19. The lowest BCUT2D eigenvalue weighted by molar-refractivity contribution is 0.0962. The van der Waals surface area contributed by atoms with Gasteiger partial charge in [-0.3, -0.25) is 4.79 Å². The molecule has 1 aliphatic carbocycles. The second-order valence-corrected chi connectivity index (χ2v) is 4.44. The van der Waals surface area contributed by atoms with Crippen molar-refractivity contribution in [3.05, 3.63) is 28.8 Å². The second kappa shape index (κ2) is 3.86. The standard InChI is InChI=1S/C12H13ClO2/c1-7-5-9(7)12(14)8-3-4-10(13)11(6-8)15-2/h3-4,6-7,9H,5H2,1-2H3. The van der Waals surface area contributed by atoms with Crippen molar-refractivity contribution in [3.63, 3.8) is 0 Å². The summed E-state index contributed by atoms with van der Waals surface area (Å²) >= 11 is 5.89. The minimum atomic E-state index is 0.205. The summed E-state index contributed by atoms with van der Waals surface area (Å²) in [4.78, 5) is 11.9. The van der Waals surface area contributed by atoms with Crippen LogP contribution in [0.4, 0.5) is 0 Å². The van der Waals surface area contributed by atoms with Crippen molar-refractivity contribution in [2.75, 3.05) is 7.11 Å². The van der Waals surface area contributed by atoms with Gasteiger partial charge >= 0.3 is 0 Å². The number of methoxy groups -OCH3 is 1. The topological polar surface area (TPSA) is 26.3 Å². The lowest BCUT2D eigenvalue weighted by Crippen LogP contribution is -2.03. The van der Waals surface area contributed by atoms with Gasteiger partial charge in [-0.25, -0.2) is 0 Å². The third-order valence-electron chi connectivity index (χ3n) is 2.88. The minimum absolute atomic E-state index is 0.205. The number of benzene rings is 1. The zero-order valence-electron chi connectivity index (χ0n) is 8.79. The van der Waals surface area contributed by atoms with Crippen LogP contribution in [0.3, 0.4) is 0 Å². The molecule has 0 amide bonds. The van der Waals surface area contributed by atoms with Crippen molar-refractivity contribution >= 4 is 17.4 Å². The molecule has 0 radical (unpaired) electrons. The fraction of sp³-hybridized carbons (Fsp3) is 0.417. The van der Waals surface area contributed by atoms with Crippen molar-refractivity contribution in [2.24, 2.45) is 11.8 Å². The first-order valence-electron chi connectivity index (χ1n) is 5.01. The van der Waals surface area contributed by atoms with Crippen LogP contribution in [0.2, 0.25) is 5.02 Å². The molecule has 15 heavy (non-hydrogen) atoms. The highest BCUT2D eigenvalue weighted by molar-refractivity contribution is 6.32. The molecule has 80 valence electrons. The third kappa shape index (κ3) is 2.00. The predicted molar refractivity (Wildman–Crippen MR) is 59.6 cm³/mol. The van der Waals surface area contributed by atoms with Gasteiger partial charge in [-0.05, 0) is 30.5 Å². The van der Waals surface area contributed by atoms with Crippen LogP contribution in [0.25, 0.3) is 0 Å². The maximum absolute atomic E-state index is 11.9. The van der Waals surface area contributed by atoms with Gasteiger partial charge in [0.1, 0.15) is 5.75 Å². The first-order chi connectivity index (χ1) is 7.13. The highest BCUT2D eigenvalue weighted by atomic mass is 35.5. The largest absolute Gasteiger partial charge is 0.495 e. The molecule has 0 bridgehead atoms. The molecule has 2 atom stereocenters. The van der Waals surface area contributed by atoms with Crippen LogP contribution in [0.15, 0.2) is 18.2 Å². The summed E-state index contributed by atoms with van der Waals surface area (Å²) < 4.78 is 5.08. The Morgan fingerprint density at radius 3 is 2.73 bits per heavy atom. The summed E-state index contributed by atoms with van der Waals surface area (Å²) in [6.45, 7) is 2.09. The molecule has 0 aromatic heterocycles. The Labute approximate surface area is 94.2 Å². The van der Waals surface area contributed by atoms with E-state index < -0.39 is 0 Å². The SMILES string of the molecule is COc1cc(C(=O)C2CC2C)ccc1Cl. The summed E-state index contributed by atoms with van der Waals surface area (Å²) in [5, 5.41) is 0.540. The number of rotatable bonds is 3. The number of hydrogen-bond donors (Lipinski definition) is 0. The van der Waals surface area contributed by atoms with Gasteiger partial charge in [0.2, 0.25) is 0 Å². The molecule has 1 aromatic carbocycles. The molecule has 0 aliphatic heterocycles. The van der Waals surface area contributed by atoms with E-state index in [9.17, 15) is 4.79 Å². The first kappa shape index (κ1) is 10.5. The Hall–Kier alpha value is -1.02. The fourth-order valence-electron chi connectivity index (χ4n) is 1.71. The zero-order chi connectivity index (χ0) is 11.0. The van der Waals surface area contributed by atoms with Crippen molar-refractivity contribution in [1.29, 1.82) is 0 Å². The van der Waals surface area contributed by atoms with Crippen LogP contribution < -0.4 is 4.74 Å². The number of carbonyl (C=O) groups excluding carboxylic acids is 1. The Kier molecular flexibility index (Phi) is 2.70. The monoisotopic (exact) mass is 224 g/mol. The summed E-state index contributed by atoms with van der Waals surface area (Å²) in [5.74, 6) is 1.50. The highest BCUT2D eigenvalue weighted by Gasteiger charge is 2.39. The number of Topliss-reactive ketones (excluding diaryl/α,β-unsaturated/α-hetero) is 1. The Bertz CT molecular complexity index is 401. The number of ketones is 1. The molecule has 0 N–H and O–H groups in total. The summed E-state index contributed by atoms with van der Waals surface area (Å²) in [6, 6.07) is 5.19. The summed E-state index contributed by atoms with van der Waals surface area (Å²) in [5.41, 5.74) is 0.700. The summed E-state index contributed by atoms with van der Waals surface area (Å²) in [7, 11) is 1.55. The van der Waals surface area contributed by atoms with Crippen LogP contribution in [-0.2, 0) is 0 Å². The molecule has 1 fully saturated rings. The number of hydrogen-bond acceptors (Lipinski definition) is 2. The van der Waals surface area contributed by atoms with Crippen LogP contribution in [-0.4, -0.2) is 12.9 Å². The van der Waals surface area contributed by atoms with E-state index in [0.717, 1.165) is 6.42 Å². The maximum atomic E-state index is 11.9. The Balaban J connectivity index is 2.25. The molecule has 1 saturated carbocycles. The molecular formula is C12H13ClO2. The molecule has 1 aromatic rings. The number of halogens is 1. The number of ether oxygens (including phenoxy) is 1. The van der Waals surface area contributed by atoms with Gasteiger partial charge in [-0.15, -0.1) is 0 Å². The lowest BCUT2D eigenvalue weighted by atomic mass is 10.1. The van der Waals surface area contributed by atoms with E-state index in [1.807, 2.05) is 0 Å². The van der Waals surface area contributed by atoms with Gasteiger partial charge in [0.05, 0.1) is 12.1 Å². The van der Waals surface area contributed by atoms with Gasteiger partial charge < -0.3 is 4.74 Å². The molecular weight excluding hydrogens is 212 g/mol.